The van der Waals surface area contributed by atoms with Gasteiger partial charge in [0.15, 0.2) is 12.1 Å². The van der Waals surface area contributed by atoms with Crippen LogP contribution in [0.2, 0.25) is 0 Å². The topological polar surface area (TPSA) is 98.9 Å². The average molecular weight is 587 g/mol. The van der Waals surface area contributed by atoms with Crippen LogP contribution in [0.1, 0.15) is 45.5 Å². The number of carbonyl (C=O) groups excluding carboxylic acids is 3. The van der Waals surface area contributed by atoms with Crippen molar-refractivity contribution in [3.8, 4) is 10.4 Å². The van der Waals surface area contributed by atoms with Crippen LogP contribution in [0.3, 0.4) is 0 Å². The van der Waals surface area contributed by atoms with Gasteiger partial charge in [0.2, 0.25) is 0 Å². The molecule has 5 rings (SSSR count). The number of likely N-dealkylation sites (tertiary alicyclic amines) is 1. The third-order valence-corrected chi connectivity index (χ3v) is 8.10. The summed E-state index contributed by atoms with van der Waals surface area (Å²) in [6, 6.07) is 19.0. The predicted octanol–water partition coefficient (Wildman–Crippen LogP) is 6.52. The second-order valence-corrected chi connectivity index (χ2v) is 11.2. The Kier molecular flexibility index (Phi) is 12.2. The number of ketones is 1. The second-order valence-electron chi connectivity index (χ2n) is 10.1. The van der Waals surface area contributed by atoms with Crippen LogP contribution in [0.5, 0.6) is 0 Å². The minimum atomic E-state index is -0.306. The first-order chi connectivity index (χ1) is 20.3. The third kappa shape index (κ3) is 8.69. The van der Waals surface area contributed by atoms with Crippen molar-refractivity contribution in [1.82, 2.24) is 4.90 Å². The molecule has 0 radical (unpaired) electrons. The molecule has 220 valence electrons. The van der Waals surface area contributed by atoms with E-state index >= 15 is 0 Å². The molecule has 2 aliphatic heterocycles. The Morgan fingerprint density at radius 1 is 1.02 bits per heavy atom. The van der Waals surface area contributed by atoms with Crippen LogP contribution in [0.25, 0.3) is 10.4 Å². The maximum absolute atomic E-state index is 12.1. The molecule has 1 fully saturated rings. The highest BCUT2D eigenvalue weighted by Gasteiger charge is 2.42. The smallest absolute Gasteiger partial charge is 0.170 e. The van der Waals surface area contributed by atoms with Gasteiger partial charge in [0, 0.05) is 49.0 Å². The molecule has 0 unspecified atom stereocenters. The molecule has 2 aliphatic rings. The van der Waals surface area contributed by atoms with Crippen molar-refractivity contribution < 1.29 is 23.9 Å². The van der Waals surface area contributed by atoms with E-state index in [1.165, 1.54) is 16.9 Å². The first-order valence-corrected chi connectivity index (χ1v) is 14.4. The number of benzene rings is 2. The fourth-order valence-corrected chi connectivity index (χ4v) is 5.54. The van der Waals surface area contributed by atoms with Gasteiger partial charge in [0.05, 0.1) is 23.6 Å². The molecule has 8 heteroatoms. The molecule has 2 aromatic carbocycles. The van der Waals surface area contributed by atoms with Crippen LogP contribution >= 0.6 is 11.3 Å². The van der Waals surface area contributed by atoms with Gasteiger partial charge in [-0.25, -0.2) is 0 Å². The number of Topliss-reactive ketones (excluding diaryl/α,β-unsaturated/α-hetero) is 1. The van der Waals surface area contributed by atoms with E-state index in [0.29, 0.717) is 40.5 Å². The fraction of sp³-hybridized carbons (Fsp3) is 0.265. The van der Waals surface area contributed by atoms with Crippen LogP contribution in [-0.4, -0.2) is 56.1 Å². The summed E-state index contributed by atoms with van der Waals surface area (Å²) < 4.78 is 11.0. The van der Waals surface area contributed by atoms with E-state index in [-0.39, 0.29) is 11.4 Å². The minimum absolute atomic E-state index is 0.130. The Bertz CT molecular complexity index is 1400. The number of methoxy groups -OCH3 is 1. The van der Waals surface area contributed by atoms with Crippen molar-refractivity contribution in [1.29, 1.82) is 0 Å². The summed E-state index contributed by atoms with van der Waals surface area (Å²) in [6.45, 7) is 10.0. The van der Waals surface area contributed by atoms with Crippen molar-refractivity contribution in [2.24, 2.45) is 0 Å². The Labute approximate surface area is 251 Å². The Morgan fingerprint density at radius 3 is 2.21 bits per heavy atom. The molecule has 42 heavy (non-hydrogen) atoms. The first-order valence-electron chi connectivity index (χ1n) is 13.6. The highest BCUT2D eigenvalue weighted by atomic mass is 32.1. The largest absolute Gasteiger partial charge is 0.486 e. The zero-order valence-corrected chi connectivity index (χ0v) is 25.0. The number of carbonyl (C=O) groups is 3. The first kappa shape index (κ1) is 32.4. The number of nitrogen functional groups attached to an aromatic ring is 1. The third-order valence-electron chi connectivity index (χ3n) is 7.07. The maximum Gasteiger partial charge on any atom is 0.170 e. The van der Waals surface area contributed by atoms with Crippen molar-refractivity contribution in [2.45, 2.75) is 31.5 Å². The van der Waals surface area contributed by atoms with Gasteiger partial charge < -0.3 is 20.1 Å². The summed E-state index contributed by atoms with van der Waals surface area (Å²) in [4.78, 5) is 36.4. The molecule has 1 saturated heterocycles. The van der Waals surface area contributed by atoms with Crippen LogP contribution in [0.4, 0.5) is 5.00 Å². The van der Waals surface area contributed by atoms with Crippen molar-refractivity contribution in [3.05, 3.63) is 114 Å². The van der Waals surface area contributed by atoms with E-state index in [1.54, 1.807) is 37.5 Å². The number of hydrogen-bond acceptors (Lipinski definition) is 8. The van der Waals surface area contributed by atoms with Gasteiger partial charge >= 0.3 is 0 Å². The molecule has 0 atom stereocenters. The van der Waals surface area contributed by atoms with E-state index in [0.717, 1.165) is 48.9 Å². The number of thiophene rings is 1. The lowest BCUT2D eigenvalue weighted by molar-refractivity contribution is -0.127. The molecule has 3 heterocycles. The molecule has 0 aliphatic carbocycles. The molecule has 1 aromatic heterocycles. The number of anilines is 1. The lowest BCUT2D eigenvalue weighted by Crippen LogP contribution is -2.47. The van der Waals surface area contributed by atoms with E-state index < -0.39 is 0 Å². The summed E-state index contributed by atoms with van der Waals surface area (Å²) in [7, 11) is 3.80. The number of ether oxygens (including phenoxy) is 2. The number of allylic oxidation sites excluding steroid dienone is 3. The molecule has 0 amide bonds. The maximum atomic E-state index is 12.1. The summed E-state index contributed by atoms with van der Waals surface area (Å²) >= 11 is 1.36. The van der Waals surface area contributed by atoms with Crippen LogP contribution in [0.15, 0.2) is 97.3 Å². The van der Waals surface area contributed by atoms with E-state index in [2.05, 4.69) is 25.1 Å². The molecular weight excluding hydrogens is 548 g/mol. The Morgan fingerprint density at radius 2 is 1.69 bits per heavy atom. The van der Waals surface area contributed by atoms with Gasteiger partial charge in [-0.3, -0.25) is 14.4 Å². The van der Waals surface area contributed by atoms with Crippen molar-refractivity contribution in [2.75, 3.05) is 33.0 Å². The Hall–Kier alpha value is -4.11. The summed E-state index contributed by atoms with van der Waals surface area (Å²) in [5.74, 6) is 0.728. The van der Waals surface area contributed by atoms with Gasteiger partial charge in [-0.05, 0) is 30.3 Å². The lowest BCUT2D eigenvalue weighted by Gasteiger charge is -2.43. The number of nitrogens with zero attached hydrogens (tertiary/aromatic N) is 1. The quantitative estimate of drug-likeness (QED) is 0.315. The number of aldehydes is 2. The van der Waals surface area contributed by atoms with Crippen LogP contribution in [0, 0.1) is 0 Å². The highest BCUT2D eigenvalue weighted by Crippen LogP contribution is 2.38. The summed E-state index contributed by atoms with van der Waals surface area (Å²) in [5, 5.41) is 0.518. The van der Waals surface area contributed by atoms with E-state index in [1.807, 2.05) is 42.5 Å². The SMILES string of the molecule is C=CC1=C(C=C)C(=O)CC2(CCN(C)CC2)O1.COCc1ccccc1.Nc1sc(-c2ccc(C=O)cc2)cc1C=O. The monoisotopic (exact) mass is 586 g/mol. The molecule has 3 aromatic rings. The van der Waals surface area contributed by atoms with Crippen LogP contribution in [-0.2, 0) is 20.9 Å². The number of nitrogens with two attached hydrogens (primary N) is 1. The van der Waals surface area contributed by atoms with Gasteiger partial charge in [-0.1, -0.05) is 73.8 Å². The Balaban J connectivity index is 0.000000181. The normalized spacial score (nSPS) is 15.8. The molecule has 2 N–H and O–H groups in total. The number of rotatable bonds is 7. The van der Waals surface area contributed by atoms with Crippen molar-refractivity contribution >= 4 is 34.7 Å². The average Bonchev–Trinajstić information content (AvgIpc) is 3.40. The summed E-state index contributed by atoms with van der Waals surface area (Å²) in [6.07, 6.45) is 7.00. The zero-order valence-electron chi connectivity index (χ0n) is 24.2. The number of piperidine rings is 1. The lowest BCUT2D eigenvalue weighted by atomic mass is 9.82. The predicted molar refractivity (Wildman–Crippen MR) is 170 cm³/mol. The molecule has 0 bridgehead atoms. The van der Waals surface area contributed by atoms with Gasteiger partial charge in [-0.15, -0.1) is 11.3 Å². The standard InChI is InChI=1S/C14H19NO2.C12H9NO2S.C8H10O/c1-4-11-12(16)10-14(17-13(11)5-2)6-8-15(3)9-7-14;13-12-10(7-15)5-11(16-12)9-3-1-8(6-14)2-4-9;1-9-7-8-5-3-2-4-6-8/h4-5H,1-2,6-10H2,3H3;1-7H,13H2;2-6H,7H2,1H3. The zero-order chi connectivity index (χ0) is 30.5. The van der Waals surface area contributed by atoms with Crippen LogP contribution < -0.4 is 5.73 Å². The minimum Gasteiger partial charge on any atom is -0.486 e. The van der Waals surface area contributed by atoms with Gasteiger partial charge in [0.25, 0.3) is 0 Å². The second kappa shape index (κ2) is 15.8. The molecular formula is C34H38N2O5S. The number of hydrogen-bond donors (Lipinski definition) is 1. The summed E-state index contributed by atoms with van der Waals surface area (Å²) in [5.41, 5.74) is 9.26. The van der Waals surface area contributed by atoms with Gasteiger partial charge in [0.1, 0.15) is 17.6 Å². The fourth-order valence-electron chi connectivity index (χ4n) is 4.64. The van der Waals surface area contributed by atoms with Crippen molar-refractivity contribution in [3.63, 3.8) is 0 Å². The van der Waals surface area contributed by atoms with E-state index in [9.17, 15) is 14.4 Å². The molecule has 7 nitrogen and oxygen atoms in total. The molecule has 0 saturated carbocycles. The molecule has 1 spiro atoms. The van der Waals surface area contributed by atoms with Gasteiger partial charge in [-0.2, -0.15) is 0 Å². The van der Waals surface area contributed by atoms with E-state index in [4.69, 9.17) is 15.2 Å². The highest BCUT2D eigenvalue weighted by molar-refractivity contribution is 7.19.